The van der Waals surface area contributed by atoms with Crippen molar-refractivity contribution in [3.8, 4) is 0 Å². The van der Waals surface area contributed by atoms with Gasteiger partial charge in [0.15, 0.2) is 0 Å². The van der Waals surface area contributed by atoms with Gasteiger partial charge in [0, 0.05) is 12.6 Å². The SMILES string of the molecule is Cc1noc(C)c1C(=O)NC1CC2C(=O)Nc3ccccc3N2C1. The molecule has 2 atom stereocenters. The second kappa shape index (κ2) is 5.36. The number of carbonyl (C=O) groups excluding carboxylic acids is 2. The molecule has 7 nitrogen and oxygen atoms in total. The lowest BCUT2D eigenvalue weighted by Crippen LogP contribution is -2.44. The first-order chi connectivity index (χ1) is 11.5. The normalized spacial score (nSPS) is 21.9. The van der Waals surface area contributed by atoms with Gasteiger partial charge in [-0.15, -0.1) is 0 Å². The molecule has 0 aliphatic carbocycles. The summed E-state index contributed by atoms with van der Waals surface area (Å²) in [6.45, 7) is 4.06. The summed E-state index contributed by atoms with van der Waals surface area (Å²) in [6.07, 6.45) is 0.579. The lowest BCUT2D eigenvalue weighted by atomic mass is 10.1. The van der Waals surface area contributed by atoms with Gasteiger partial charge >= 0.3 is 0 Å². The number of hydrogen-bond donors (Lipinski definition) is 2. The highest BCUT2D eigenvalue weighted by Crippen LogP contribution is 2.36. The third-order valence-electron chi connectivity index (χ3n) is 4.67. The minimum absolute atomic E-state index is 0.0252. The molecule has 0 spiro atoms. The van der Waals surface area contributed by atoms with Crippen molar-refractivity contribution in [1.29, 1.82) is 0 Å². The summed E-state index contributed by atoms with van der Waals surface area (Å²) < 4.78 is 5.05. The van der Waals surface area contributed by atoms with Gasteiger partial charge < -0.3 is 20.1 Å². The van der Waals surface area contributed by atoms with E-state index in [4.69, 9.17) is 4.52 Å². The molecular formula is C17H18N4O3. The van der Waals surface area contributed by atoms with Crippen LogP contribution in [-0.2, 0) is 4.79 Å². The van der Waals surface area contributed by atoms with Crippen LogP contribution in [0, 0.1) is 13.8 Å². The fourth-order valence-corrected chi connectivity index (χ4v) is 3.57. The van der Waals surface area contributed by atoms with E-state index in [0.717, 1.165) is 11.4 Å². The Kier molecular flexibility index (Phi) is 3.30. The number of amides is 2. The molecule has 7 heteroatoms. The number of carbonyl (C=O) groups is 2. The van der Waals surface area contributed by atoms with E-state index in [9.17, 15) is 9.59 Å². The van der Waals surface area contributed by atoms with Gasteiger partial charge in [0.05, 0.1) is 17.1 Å². The van der Waals surface area contributed by atoms with Crippen LogP contribution in [0.5, 0.6) is 0 Å². The zero-order valence-electron chi connectivity index (χ0n) is 13.5. The summed E-state index contributed by atoms with van der Waals surface area (Å²) >= 11 is 0. The first-order valence-electron chi connectivity index (χ1n) is 7.95. The number of nitrogens with one attached hydrogen (secondary N) is 2. The third-order valence-corrected chi connectivity index (χ3v) is 4.67. The average Bonchev–Trinajstić information content (AvgIpc) is 3.11. The van der Waals surface area contributed by atoms with Gasteiger partial charge in [0.2, 0.25) is 5.91 Å². The predicted molar refractivity (Wildman–Crippen MR) is 88.1 cm³/mol. The molecule has 4 rings (SSSR count). The maximum absolute atomic E-state index is 12.5. The number of anilines is 2. The Balaban J connectivity index is 1.55. The molecule has 1 saturated heterocycles. The van der Waals surface area contributed by atoms with Crippen LogP contribution < -0.4 is 15.5 Å². The number of aryl methyl sites for hydroxylation is 2. The van der Waals surface area contributed by atoms with Gasteiger partial charge in [-0.3, -0.25) is 9.59 Å². The topological polar surface area (TPSA) is 87.5 Å². The third kappa shape index (κ3) is 2.24. The molecule has 0 bridgehead atoms. The number of nitrogens with zero attached hydrogens (tertiary/aromatic N) is 2. The molecule has 2 aliphatic heterocycles. The number of aromatic nitrogens is 1. The van der Waals surface area contributed by atoms with Crippen molar-refractivity contribution in [3.63, 3.8) is 0 Å². The Hall–Kier alpha value is -2.83. The summed E-state index contributed by atoms with van der Waals surface area (Å²) in [5.41, 5.74) is 2.86. The Morgan fingerprint density at radius 1 is 1.38 bits per heavy atom. The predicted octanol–water partition coefficient (Wildman–Crippen LogP) is 1.62. The van der Waals surface area contributed by atoms with Crippen molar-refractivity contribution in [2.75, 3.05) is 16.8 Å². The molecule has 2 aliphatic rings. The zero-order chi connectivity index (χ0) is 16.8. The molecule has 2 aromatic rings. The first kappa shape index (κ1) is 14.7. The van der Waals surface area contributed by atoms with Gasteiger partial charge in [-0.1, -0.05) is 17.3 Å². The molecule has 2 N–H and O–H groups in total. The number of para-hydroxylation sites is 2. The second-order valence-corrected chi connectivity index (χ2v) is 6.28. The highest BCUT2D eigenvalue weighted by atomic mass is 16.5. The standard InChI is InChI=1S/C17H18N4O3/c1-9-15(10(2)24-20-9)17(23)18-11-7-14-16(22)19-12-5-3-4-6-13(12)21(14)8-11/h3-6,11,14H,7-8H2,1-2H3,(H,18,23)(H,19,22). The highest BCUT2D eigenvalue weighted by molar-refractivity contribution is 6.04. The van der Waals surface area contributed by atoms with E-state index < -0.39 is 0 Å². The van der Waals surface area contributed by atoms with Crippen LogP contribution in [0.25, 0.3) is 0 Å². The number of hydrogen-bond acceptors (Lipinski definition) is 5. The van der Waals surface area contributed by atoms with E-state index in [-0.39, 0.29) is 23.9 Å². The van der Waals surface area contributed by atoms with Crippen LogP contribution in [0.1, 0.15) is 28.2 Å². The minimum Gasteiger partial charge on any atom is -0.361 e. The molecule has 0 saturated carbocycles. The maximum atomic E-state index is 12.5. The molecule has 0 radical (unpaired) electrons. The van der Waals surface area contributed by atoms with E-state index in [1.807, 2.05) is 24.3 Å². The molecule has 1 aromatic heterocycles. The fraction of sp³-hybridized carbons (Fsp3) is 0.353. The quantitative estimate of drug-likeness (QED) is 0.876. The first-order valence-corrected chi connectivity index (χ1v) is 7.95. The van der Waals surface area contributed by atoms with Gasteiger partial charge in [0.25, 0.3) is 5.91 Å². The van der Waals surface area contributed by atoms with Crippen molar-refractivity contribution in [2.24, 2.45) is 0 Å². The van der Waals surface area contributed by atoms with Gasteiger partial charge in [-0.25, -0.2) is 0 Å². The van der Waals surface area contributed by atoms with E-state index in [1.165, 1.54) is 0 Å². The Morgan fingerprint density at radius 2 is 2.17 bits per heavy atom. The molecule has 2 unspecified atom stereocenters. The van der Waals surface area contributed by atoms with Crippen LogP contribution in [-0.4, -0.2) is 35.6 Å². The van der Waals surface area contributed by atoms with Crippen LogP contribution in [0.2, 0.25) is 0 Å². The van der Waals surface area contributed by atoms with Gasteiger partial charge in [-0.05, 0) is 32.4 Å². The summed E-state index contributed by atoms with van der Waals surface area (Å²) in [5, 5.41) is 9.76. The second-order valence-electron chi connectivity index (χ2n) is 6.28. The number of benzene rings is 1. The average molecular weight is 326 g/mol. The molecule has 24 heavy (non-hydrogen) atoms. The van der Waals surface area contributed by atoms with Gasteiger partial charge in [-0.2, -0.15) is 0 Å². The summed E-state index contributed by atoms with van der Waals surface area (Å²) in [6, 6.07) is 7.36. The van der Waals surface area contributed by atoms with E-state index in [2.05, 4.69) is 20.7 Å². The molecular weight excluding hydrogens is 308 g/mol. The molecule has 3 heterocycles. The Labute approximate surface area is 139 Å². The monoisotopic (exact) mass is 326 g/mol. The van der Waals surface area contributed by atoms with Crippen LogP contribution in [0.15, 0.2) is 28.8 Å². The molecule has 1 fully saturated rings. The van der Waals surface area contributed by atoms with Crippen molar-refractivity contribution in [2.45, 2.75) is 32.4 Å². The maximum Gasteiger partial charge on any atom is 0.257 e. The molecule has 1 aromatic carbocycles. The van der Waals surface area contributed by atoms with Crippen molar-refractivity contribution < 1.29 is 14.1 Å². The van der Waals surface area contributed by atoms with Crippen LogP contribution in [0.4, 0.5) is 11.4 Å². The highest BCUT2D eigenvalue weighted by Gasteiger charge is 2.41. The van der Waals surface area contributed by atoms with Crippen LogP contribution in [0.3, 0.4) is 0 Å². The zero-order valence-corrected chi connectivity index (χ0v) is 13.5. The Bertz CT molecular complexity index is 809. The fourth-order valence-electron chi connectivity index (χ4n) is 3.57. The van der Waals surface area contributed by atoms with Crippen molar-refractivity contribution in [1.82, 2.24) is 10.5 Å². The number of rotatable bonds is 2. The van der Waals surface area contributed by atoms with E-state index >= 15 is 0 Å². The van der Waals surface area contributed by atoms with Gasteiger partial charge in [0.1, 0.15) is 17.4 Å². The summed E-state index contributed by atoms with van der Waals surface area (Å²) in [7, 11) is 0. The van der Waals surface area contributed by atoms with Crippen molar-refractivity contribution >= 4 is 23.2 Å². The summed E-state index contributed by atoms with van der Waals surface area (Å²) in [5.74, 6) is 0.274. The molecule has 2 amide bonds. The largest absolute Gasteiger partial charge is 0.361 e. The lowest BCUT2D eigenvalue weighted by molar-refractivity contribution is -0.117. The number of fused-ring (bicyclic) bond motifs is 3. The lowest BCUT2D eigenvalue weighted by Gasteiger charge is -2.32. The Morgan fingerprint density at radius 3 is 2.92 bits per heavy atom. The smallest absolute Gasteiger partial charge is 0.257 e. The minimum atomic E-state index is -0.255. The van der Waals surface area contributed by atoms with E-state index in [0.29, 0.717) is 30.0 Å². The van der Waals surface area contributed by atoms with Crippen molar-refractivity contribution in [3.05, 3.63) is 41.3 Å². The summed E-state index contributed by atoms with van der Waals surface area (Å²) in [4.78, 5) is 26.9. The molecule has 124 valence electrons. The van der Waals surface area contributed by atoms with E-state index in [1.54, 1.807) is 13.8 Å². The van der Waals surface area contributed by atoms with Crippen LogP contribution >= 0.6 is 0 Å².